The van der Waals surface area contributed by atoms with Crippen LogP contribution in [0.1, 0.15) is 70.7 Å². The van der Waals surface area contributed by atoms with Crippen LogP contribution in [0.25, 0.3) is 0 Å². The molecule has 0 aromatic heterocycles. The van der Waals surface area contributed by atoms with Gasteiger partial charge in [0.2, 0.25) is 0 Å². The van der Waals surface area contributed by atoms with Crippen LogP contribution in [0, 0.1) is 0 Å². The molecule has 3 aromatic carbocycles. The second-order valence-electron chi connectivity index (χ2n) is 10.6. The van der Waals surface area contributed by atoms with Gasteiger partial charge in [-0.3, -0.25) is 9.98 Å². The average Bonchev–Trinajstić information content (AvgIpc) is 2.78. The molecule has 0 aliphatic heterocycles. The second kappa shape index (κ2) is 10.3. The van der Waals surface area contributed by atoms with Gasteiger partial charge in [0.1, 0.15) is 5.75 Å². The molecule has 0 unspecified atom stereocenters. The number of phenols is 2. The Kier molecular flexibility index (Phi) is 7.69. The Labute approximate surface area is 208 Å². The van der Waals surface area contributed by atoms with E-state index in [1.54, 1.807) is 24.6 Å². The molecule has 0 fully saturated rings. The number of ether oxygens (including phenoxy) is 1. The summed E-state index contributed by atoms with van der Waals surface area (Å²) in [6.07, 6.45) is 3.29. The molecular weight excluding hydrogens is 436 g/mol. The van der Waals surface area contributed by atoms with E-state index >= 15 is 0 Å². The van der Waals surface area contributed by atoms with Crippen molar-refractivity contribution in [2.45, 2.75) is 59.3 Å². The predicted octanol–water partition coefficient (Wildman–Crippen LogP) is 7.59. The standard InChI is InChI=1S/C30H36N2O3/c1-8-35-26-15-11-12-20(28(26)34)18-31-24-13-9-10-14-25(24)32-19-21-16-22(29(2,3)4)17-23(27(21)33)30(5,6)7/h9-19,33-34H,8H2,1-7H3. The van der Waals surface area contributed by atoms with Crippen LogP contribution in [0.15, 0.2) is 64.6 Å². The molecular formula is C30H36N2O3. The molecule has 35 heavy (non-hydrogen) atoms. The van der Waals surface area contributed by atoms with Crippen LogP contribution in [0.5, 0.6) is 17.2 Å². The number of aromatic hydroxyl groups is 2. The van der Waals surface area contributed by atoms with Gasteiger partial charge in [-0.1, -0.05) is 65.8 Å². The molecule has 5 nitrogen and oxygen atoms in total. The van der Waals surface area contributed by atoms with Crippen LogP contribution < -0.4 is 4.74 Å². The molecule has 184 valence electrons. The van der Waals surface area contributed by atoms with E-state index in [9.17, 15) is 10.2 Å². The van der Waals surface area contributed by atoms with Gasteiger partial charge < -0.3 is 14.9 Å². The third-order valence-corrected chi connectivity index (χ3v) is 5.71. The van der Waals surface area contributed by atoms with E-state index in [0.717, 1.165) is 11.1 Å². The van der Waals surface area contributed by atoms with Gasteiger partial charge in [0.25, 0.3) is 0 Å². The summed E-state index contributed by atoms with van der Waals surface area (Å²) in [5.74, 6) is 0.720. The molecule has 5 heteroatoms. The van der Waals surface area contributed by atoms with Gasteiger partial charge in [-0.2, -0.15) is 0 Å². The number of para-hydroxylation sites is 3. The van der Waals surface area contributed by atoms with Crippen molar-refractivity contribution in [1.82, 2.24) is 0 Å². The van der Waals surface area contributed by atoms with Gasteiger partial charge in [0.15, 0.2) is 11.5 Å². The highest BCUT2D eigenvalue weighted by Crippen LogP contribution is 2.38. The fourth-order valence-corrected chi connectivity index (χ4v) is 3.64. The molecule has 0 aliphatic rings. The zero-order valence-electron chi connectivity index (χ0n) is 21.8. The monoisotopic (exact) mass is 472 g/mol. The van der Waals surface area contributed by atoms with Crippen molar-refractivity contribution in [3.05, 3.63) is 76.9 Å². The highest BCUT2D eigenvalue weighted by Gasteiger charge is 2.24. The molecule has 3 aromatic rings. The largest absolute Gasteiger partial charge is 0.507 e. The van der Waals surface area contributed by atoms with Gasteiger partial charge in [-0.15, -0.1) is 0 Å². The van der Waals surface area contributed by atoms with Crippen molar-refractivity contribution >= 4 is 23.8 Å². The van der Waals surface area contributed by atoms with Crippen molar-refractivity contribution in [3.63, 3.8) is 0 Å². The number of hydrogen-bond donors (Lipinski definition) is 2. The summed E-state index contributed by atoms with van der Waals surface area (Å²) in [4.78, 5) is 9.25. The lowest BCUT2D eigenvalue weighted by atomic mass is 9.79. The third kappa shape index (κ3) is 6.30. The van der Waals surface area contributed by atoms with Gasteiger partial charge in [0, 0.05) is 29.1 Å². The average molecular weight is 473 g/mol. The molecule has 0 saturated carbocycles. The first-order chi connectivity index (χ1) is 16.4. The first-order valence-electron chi connectivity index (χ1n) is 11.9. The first kappa shape index (κ1) is 26.0. The van der Waals surface area contributed by atoms with Crippen LogP contribution in [0.4, 0.5) is 11.4 Å². The lowest BCUT2D eigenvalue weighted by Gasteiger charge is -2.27. The fraction of sp³-hybridized carbons (Fsp3) is 0.333. The third-order valence-electron chi connectivity index (χ3n) is 5.71. The van der Waals surface area contributed by atoms with Crippen molar-refractivity contribution < 1.29 is 14.9 Å². The number of nitrogens with zero attached hydrogens (tertiary/aromatic N) is 2. The molecule has 0 atom stereocenters. The zero-order valence-corrected chi connectivity index (χ0v) is 21.8. The smallest absolute Gasteiger partial charge is 0.166 e. The number of hydrogen-bond acceptors (Lipinski definition) is 5. The minimum absolute atomic E-state index is 0.0534. The summed E-state index contributed by atoms with van der Waals surface area (Å²) in [5, 5.41) is 21.5. The fourth-order valence-electron chi connectivity index (χ4n) is 3.64. The maximum Gasteiger partial charge on any atom is 0.166 e. The Bertz CT molecular complexity index is 1250. The summed E-state index contributed by atoms with van der Waals surface area (Å²) >= 11 is 0. The van der Waals surface area contributed by atoms with Crippen molar-refractivity contribution in [2.75, 3.05) is 6.61 Å². The number of rotatable bonds is 6. The van der Waals surface area contributed by atoms with E-state index in [0.29, 0.717) is 34.9 Å². The lowest BCUT2D eigenvalue weighted by molar-refractivity contribution is 0.318. The van der Waals surface area contributed by atoms with Crippen molar-refractivity contribution in [1.29, 1.82) is 0 Å². The van der Waals surface area contributed by atoms with Gasteiger partial charge in [0.05, 0.1) is 18.0 Å². The number of aliphatic imine (C=N–C) groups is 2. The number of benzene rings is 3. The Balaban J connectivity index is 2.00. The topological polar surface area (TPSA) is 74.4 Å². The molecule has 3 rings (SSSR count). The summed E-state index contributed by atoms with van der Waals surface area (Å²) in [5.41, 5.74) is 4.27. The summed E-state index contributed by atoms with van der Waals surface area (Å²) < 4.78 is 5.46. The molecule has 2 N–H and O–H groups in total. The van der Waals surface area contributed by atoms with E-state index in [2.05, 4.69) is 57.6 Å². The molecule has 0 radical (unpaired) electrons. The molecule has 0 amide bonds. The van der Waals surface area contributed by atoms with E-state index in [1.165, 1.54) is 0 Å². The van der Waals surface area contributed by atoms with Crippen LogP contribution in [-0.4, -0.2) is 29.2 Å². The maximum atomic E-state index is 11.1. The van der Waals surface area contributed by atoms with Gasteiger partial charge in [-0.25, -0.2) is 0 Å². The van der Waals surface area contributed by atoms with Crippen LogP contribution >= 0.6 is 0 Å². The van der Waals surface area contributed by atoms with E-state index in [-0.39, 0.29) is 22.3 Å². The normalized spacial score (nSPS) is 12.5. The van der Waals surface area contributed by atoms with Crippen LogP contribution in [0.2, 0.25) is 0 Å². The molecule has 0 spiro atoms. The van der Waals surface area contributed by atoms with E-state index < -0.39 is 0 Å². The molecule has 0 heterocycles. The first-order valence-corrected chi connectivity index (χ1v) is 11.9. The lowest BCUT2D eigenvalue weighted by Crippen LogP contribution is -2.17. The molecule has 0 bridgehead atoms. The minimum Gasteiger partial charge on any atom is -0.507 e. The van der Waals surface area contributed by atoms with Crippen LogP contribution in [0.3, 0.4) is 0 Å². The predicted molar refractivity (Wildman–Crippen MR) is 146 cm³/mol. The van der Waals surface area contributed by atoms with E-state index in [4.69, 9.17) is 4.74 Å². The Morgan fingerprint density at radius 1 is 0.743 bits per heavy atom. The quantitative estimate of drug-likeness (QED) is 0.363. The SMILES string of the molecule is CCOc1cccc(C=Nc2ccccc2N=Cc2cc(C(C)(C)C)cc(C(C)(C)C)c2O)c1O. The Morgan fingerprint density at radius 3 is 1.89 bits per heavy atom. The molecule has 0 aliphatic carbocycles. The number of phenolic OH excluding ortho intramolecular Hbond substituents is 2. The summed E-state index contributed by atoms with van der Waals surface area (Å²) in [7, 11) is 0. The van der Waals surface area contributed by atoms with E-state index in [1.807, 2.05) is 43.3 Å². The van der Waals surface area contributed by atoms with Crippen LogP contribution in [-0.2, 0) is 10.8 Å². The zero-order chi connectivity index (χ0) is 25.8. The van der Waals surface area contributed by atoms with Crippen molar-refractivity contribution in [3.8, 4) is 17.2 Å². The molecule has 0 saturated heterocycles. The Morgan fingerprint density at radius 2 is 1.34 bits per heavy atom. The maximum absolute atomic E-state index is 11.1. The Hall–Kier alpha value is -3.60. The van der Waals surface area contributed by atoms with Gasteiger partial charge in [-0.05, 0) is 53.6 Å². The van der Waals surface area contributed by atoms with Gasteiger partial charge >= 0.3 is 0 Å². The minimum atomic E-state index is -0.214. The highest BCUT2D eigenvalue weighted by molar-refractivity contribution is 5.90. The summed E-state index contributed by atoms with van der Waals surface area (Å²) in [6.45, 7) is 15.1. The highest BCUT2D eigenvalue weighted by atomic mass is 16.5. The van der Waals surface area contributed by atoms with Crippen molar-refractivity contribution in [2.24, 2.45) is 9.98 Å². The second-order valence-corrected chi connectivity index (χ2v) is 10.6. The summed E-state index contributed by atoms with van der Waals surface area (Å²) in [6, 6.07) is 16.9.